The topological polar surface area (TPSA) is 84.0 Å². The zero-order chi connectivity index (χ0) is 12.2. The summed E-state index contributed by atoms with van der Waals surface area (Å²) >= 11 is 0. The highest BCUT2D eigenvalue weighted by Crippen LogP contribution is 2.07. The lowest BCUT2D eigenvalue weighted by molar-refractivity contribution is 0.588. The van der Waals surface area contributed by atoms with Crippen LogP contribution in [0.5, 0.6) is 0 Å². The van der Waals surface area contributed by atoms with Crippen LogP contribution in [0.1, 0.15) is 11.4 Å². The molecule has 0 aliphatic heterocycles. The maximum absolute atomic E-state index is 11.2. The summed E-state index contributed by atoms with van der Waals surface area (Å²) in [5.41, 5.74) is 1.55. The molecule has 0 spiro atoms. The SMILES string of the molecule is CNS(=O)(=O)CCNc1nc(C)cnc1C. The molecule has 2 N–H and O–H groups in total. The molecule has 0 saturated carbocycles. The van der Waals surface area contributed by atoms with Crippen LogP contribution >= 0.6 is 0 Å². The largest absolute Gasteiger partial charge is 0.367 e. The molecule has 1 heterocycles. The van der Waals surface area contributed by atoms with Crippen LogP contribution in [-0.4, -0.2) is 37.7 Å². The van der Waals surface area contributed by atoms with E-state index in [0.29, 0.717) is 12.4 Å². The molecule has 7 heteroatoms. The van der Waals surface area contributed by atoms with Crippen molar-refractivity contribution in [3.63, 3.8) is 0 Å². The van der Waals surface area contributed by atoms with Crippen molar-refractivity contribution in [1.29, 1.82) is 0 Å². The summed E-state index contributed by atoms with van der Waals surface area (Å²) in [7, 11) is -1.78. The van der Waals surface area contributed by atoms with Gasteiger partial charge in [-0.15, -0.1) is 0 Å². The van der Waals surface area contributed by atoms with Gasteiger partial charge in [0.1, 0.15) is 5.82 Å². The number of hydrogen-bond donors (Lipinski definition) is 2. The number of sulfonamides is 1. The van der Waals surface area contributed by atoms with Crippen molar-refractivity contribution < 1.29 is 8.42 Å². The summed E-state index contributed by atoms with van der Waals surface area (Å²) in [5, 5.41) is 2.95. The van der Waals surface area contributed by atoms with E-state index in [1.165, 1.54) is 7.05 Å². The third-order valence-electron chi connectivity index (χ3n) is 2.05. The minimum absolute atomic E-state index is 0.0125. The van der Waals surface area contributed by atoms with Crippen LogP contribution in [0.3, 0.4) is 0 Å². The standard InChI is InChI=1S/C9H16N4O2S/c1-7-6-12-8(2)9(13-7)11-4-5-16(14,15)10-3/h6,10H,4-5H2,1-3H3,(H,11,13). The Morgan fingerprint density at radius 2 is 2.06 bits per heavy atom. The smallest absolute Gasteiger partial charge is 0.213 e. The fourth-order valence-electron chi connectivity index (χ4n) is 1.11. The molecule has 0 aliphatic carbocycles. The summed E-state index contributed by atoms with van der Waals surface area (Å²) < 4.78 is 24.6. The van der Waals surface area contributed by atoms with E-state index in [2.05, 4.69) is 20.0 Å². The monoisotopic (exact) mass is 244 g/mol. The fraction of sp³-hybridized carbons (Fsp3) is 0.556. The maximum Gasteiger partial charge on any atom is 0.213 e. The summed E-state index contributed by atoms with van der Waals surface area (Å²) in [4.78, 5) is 8.35. The molecule has 1 aromatic heterocycles. The van der Waals surface area contributed by atoms with Gasteiger partial charge in [0.2, 0.25) is 10.0 Å². The van der Waals surface area contributed by atoms with Gasteiger partial charge in [0.15, 0.2) is 0 Å². The van der Waals surface area contributed by atoms with Crippen molar-refractivity contribution in [2.75, 3.05) is 24.7 Å². The molecule has 0 amide bonds. The van der Waals surface area contributed by atoms with Gasteiger partial charge in [-0.3, -0.25) is 4.98 Å². The number of aryl methyl sites for hydroxylation is 2. The number of anilines is 1. The number of nitrogens with one attached hydrogen (secondary N) is 2. The molecule has 16 heavy (non-hydrogen) atoms. The Kier molecular flexibility index (Phi) is 4.19. The first kappa shape index (κ1) is 12.9. The molecule has 0 aliphatic rings. The molecule has 1 aromatic rings. The van der Waals surface area contributed by atoms with E-state index in [4.69, 9.17) is 0 Å². The maximum atomic E-state index is 11.2. The number of nitrogens with zero attached hydrogens (tertiary/aromatic N) is 2. The van der Waals surface area contributed by atoms with E-state index in [0.717, 1.165) is 11.4 Å². The Morgan fingerprint density at radius 1 is 1.38 bits per heavy atom. The molecule has 0 saturated heterocycles. The average molecular weight is 244 g/mol. The zero-order valence-electron chi connectivity index (χ0n) is 9.61. The lowest BCUT2D eigenvalue weighted by atomic mass is 10.4. The van der Waals surface area contributed by atoms with Gasteiger partial charge in [0, 0.05) is 12.7 Å². The quantitative estimate of drug-likeness (QED) is 0.765. The Bertz CT molecular complexity index is 459. The summed E-state index contributed by atoms with van der Waals surface area (Å²) in [6.07, 6.45) is 1.67. The van der Waals surface area contributed by atoms with Crippen molar-refractivity contribution in [3.8, 4) is 0 Å². The minimum Gasteiger partial charge on any atom is -0.367 e. The van der Waals surface area contributed by atoms with E-state index >= 15 is 0 Å². The predicted molar refractivity (Wildman–Crippen MR) is 62.8 cm³/mol. The lowest BCUT2D eigenvalue weighted by Crippen LogP contribution is -2.26. The second kappa shape index (κ2) is 5.22. The van der Waals surface area contributed by atoms with Gasteiger partial charge in [-0.2, -0.15) is 0 Å². The first-order valence-electron chi connectivity index (χ1n) is 4.90. The molecule has 1 rings (SSSR count). The molecular formula is C9H16N4O2S. The highest BCUT2D eigenvalue weighted by atomic mass is 32.2. The van der Waals surface area contributed by atoms with Crippen LogP contribution < -0.4 is 10.0 Å². The van der Waals surface area contributed by atoms with Crippen LogP contribution in [0, 0.1) is 13.8 Å². The van der Waals surface area contributed by atoms with Crippen molar-refractivity contribution in [1.82, 2.24) is 14.7 Å². The van der Waals surface area contributed by atoms with Gasteiger partial charge in [-0.25, -0.2) is 18.1 Å². The van der Waals surface area contributed by atoms with Gasteiger partial charge >= 0.3 is 0 Å². The lowest BCUT2D eigenvalue weighted by Gasteiger charge is -2.08. The minimum atomic E-state index is -3.17. The second-order valence-corrected chi connectivity index (χ2v) is 5.44. The Morgan fingerprint density at radius 3 is 2.69 bits per heavy atom. The van der Waals surface area contributed by atoms with E-state index in [-0.39, 0.29) is 5.75 Å². The van der Waals surface area contributed by atoms with Crippen molar-refractivity contribution >= 4 is 15.8 Å². The molecule has 0 aromatic carbocycles. The highest BCUT2D eigenvalue weighted by molar-refractivity contribution is 7.89. The summed E-state index contributed by atoms with van der Waals surface area (Å²) in [5.74, 6) is 0.643. The van der Waals surface area contributed by atoms with Crippen LogP contribution in [-0.2, 0) is 10.0 Å². The third-order valence-corrected chi connectivity index (χ3v) is 3.41. The van der Waals surface area contributed by atoms with Gasteiger partial charge in [-0.05, 0) is 20.9 Å². The predicted octanol–water partition coefficient (Wildman–Crippen LogP) is 0.0545. The second-order valence-electron chi connectivity index (χ2n) is 3.40. The van der Waals surface area contributed by atoms with Crippen LogP contribution in [0.4, 0.5) is 5.82 Å². The molecule has 0 bridgehead atoms. The zero-order valence-corrected chi connectivity index (χ0v) is 10.4. The van der Waals surface area contributed by atoms with Gasteiger partial charge < -0.3 is 5.32 Å². The molecule has 0 fully saturated rings. The summed E-state index contributed by atoms with van der Waals surface area (Å²) in [6, 6.07) is 0. The number of rotatable bonds is 5. The van der Waals surface area contributed by atoms with Crippen molar-refractivity contribution in [2.45, 2.75) is 13.8 Å². The first-order chi connectivity index (χ1) is 7.44. The normalized spacial score (nSPS) is 11.4. The molecule has 0 unspecified atom stereocenters. The van der Waals surface area contributed by atoms with Gasteiger partial charge in [-0.1, -0.05) is 0 Å². The van der Waals surface area contributed by atoms with E-state index in [1.54, 1.807) is 6.20 Å². The average Bonchev–Trinajstić information content (AvgIpc) is 2.23. The third kappa shape index (κ3) is 3.74. The van der Waals surface area contributed by atoms with Crippen LogP contribution in [0.2, 0.25) is 0 Å². The molecule has 0 radical (unpaired) electrons. The van der Waals surface area contributed by atoms with E-state index in [1.807, 2.05) is 13.8 Å². The van der Waals surface area contributed by atoms with E-state index < -0.39 is 10.0 Å². The van der Waals surface area contributed by atoms with E-state index in [9.17, 15) is 8.42 Å². The fourth-order valence-corrected chi connectivity index (χ4v) is 1.69. The molecule has 0 atom stereocenters. The molecular weight excluding hydrogens is 228 g/mol. The van der Waals surface area contributed by atoms with Crippen molar-refractivity contribution in [2.24, 2.45) is 0 Å². The number of aromatic nitrogens is 2. The van der Waals surface area contributed by atoms with Crippen molar-refractivity contribution in [3.05, 3.63) is 17.6 Å². The van der Waals surface area contributed by atoms with Gasteiger partial charge in [0.25, 0.3) is 0 Å². The Hall–Kier alpha value is -1.21. The highest BCUT2D eigenvalue weighted by Gasteiger charge is 2.07. The molecule has 90 valence electrons. The first-order valence-corrected chi connectivity index (χ1v) is 6.55. The number of hydrogen-bond acceptors (Lipinski definition) is 5. The van der Waals surface area contributed by atoms with Crippen LogP contribution in [0.15, 0.2) is 6.20 Å². The van der Waals surface area contributed by atoms with Gasteiger partial charge in [0.05, 0.1) is 17.1 Å². The Labute approximate surface area is 95.6 Å². The summed E-state index contributed by atoms with van der Waals surface area (Å²) in [6.45, 7) is 3.96. The molecule has 6 nitrogen and oxygen atoms in total. The van der Waals surface area contributed by atoms with Crippen LogP contribution in [0.25, 0.3) is 0 Å². The Balaban J connectivity index is 2.59.